The quantitative estimate of drug-likeness (QED) is 0.698. The third-order valence-corrected chi connectivity index (χ3v) is 2.26. The third-order valence-electron chi connectivity index (χ3n) is 2.26. The maximum atomic E-state index is 11.4. The Morgan fingerprint density at radius 2 is 2.71 bits per heavy atom. The fourth-order valence-electron chi connectivity index (χ4n) is 1.55. The fourth-order valence-corrected chi connectivity index (χ4v) is 1.55. The normalized spacial score (nSPS) is 19.6. The summed E-state index contributed by atoms with van der Waals surface area (Å²) in [6, 6.07) is 1.89. The van der Waals surface area contributed by atoms with E-state index < -0.39 is 0 Å². The van der Waals surface area contributed by atoms with Crippen LogP contribution in [0.3, 0.4) is 0 Å². The second-order valence-corrected chi connectivity index (χ2v) is 3.23. The minimum atomic E-state index is -0.152. The van der Waals surface area contributed by atoms with Crippen LogP contribution < -0.4 is 5.32 Å². The number of nitrogens with one attached hydrogen (secondary N) is 1. The van der Waals surface area contributed by atoms with Gasteiger partial charge in [0.2, 0.25) is 0 Å². The van der Waals surface area contributed by atoms with Gasteiger partial charge in [0.25, 0.3) is 0 Å². The van der Waals surface area contributed by atoms with E-state index >= 15 is 0 Å². The number of ether oxygens (including phenoxy) is 1. The zero-order valence-corrected chi connectivity index (χ0v) is 8.06. The molecule has 1 N–H and O–H groups in total. The van der Waals surface area contributed by atoms with Crippen molar-refractivity contribution in [1.82, 2.24) is 9.78 Å². The van der Waals surface area contributed by atoms with Crippen molar-refractivity contribution in [2.45, 2.75) is 13.5 Å². The van der Waals surface area contributed by atoms with Gasteiger partial charge in [-0.05, 0) is 6.92 Å². The van der Waals surface area contributed by atoms with Gasteiger partial charge in [-0.15, -0.1) is 0 Å². The number of aromatic nitrogens is 2. The van der Waals surface area contributed by atoms with Gasteiger partial charge < -0.3 is 10.1 Å². The molecule has 1 aromatic heterocycles. The first-order valence-electron chi connectivity index (χ1n) is 4.73. The molecule has 0 radical (unpaired) electrons. The number of esters is 1. The lowest BCUT2D eigenvalue weighted by Crippen LogP contribution is -2.34. The molecule has 1 atom stereocenters. The summed E-state index contributed by atoms with van der Waals surface area (Å²) in [6.07, 6.45) is 1.72. The van der Waals surface area contributed by atoms with Crippen molar-refractivity contribution in [3.63, 3.8) is 0 Å². The molecule has 76 valence electrons. The van der Waals surface area contributed by atoms with Gasteiger partial charge in [-0.1, -0.05) is 0 Å². The lowest BCUT2D eigenvalue weighted by molar-refractivity contribution is -0.148. The summed E-state index contributed by atoms with van der Waals surface area (Å²) in [5.74, 6) is 0.689. The van der Waals surface area contributed by atoms with E-state index in [1.807, 2.05) is 13.0 Å². The average molecular weight is 195 g/mol. The van der Waals surface area contributed by atoms with E-state index in [-0.39, 0.29) is 11.9 Å². The van der Waals surface area contributed by atoms with Crippen LogP contribution in [0.4, 0.5) is 5.82 Å². The Kier molecular flexibility index (Phi) is 2.39. The molecule has 0 amide bonds. The first-order chi connectivity index (χ1) is 6.81. The molecule has 0 fully saturated rings. The summed E-state index contributed by atoms with van der Waals surface area (Å²) < 4.78 is 6.74. The van der Waals surface area contributed by atoms with E-state index in [0.717, 1.165) is 5.82 Å². The topological polar surface area (TPSA) is 56.1 Å². The smallest absolute Gasteiger partial charge is 0.312 e. The highest BCUT2D eigenvalue weighted by molar-refractivity contribution is 5.73. The lowest BCUT2D eigenvalue weighted by atomic mass is 10.1. The van der Waals surface area contributed by atoms with Crippen molar-refractivity contribution >= 4 is 11.8 Å². The summed E-state index contributed by atoms with van der Waals surface area (Å²) in [5.41, 5.74) is 0. The Bertz CT molecular complexity index is 335. The molecule has 14 heavy (non-hydrogen) atoms. The molecule has 2 rings (SSSR count). The minimum absolute atomic E-state index is 0.123. The van der Waals surface area contributed by atoms with E-state index in [1.54, 1.807) is 10.9 Å². The monoisotopic (exact) mass is 195 g/mol. The molecule has 5 nitrogen and oxygen atoms in total. The van der Waals surface area contributed by atoms with Crippen LogP contribution >= 0.6 is 0 Å². The second-order valence-electron chi connectivity index (χ2n) is 3.23. The molecule has 2 heterocycles. The molecule has 5 heteroatoms. The standard InChI is InChI=1S/C9H13N3O2/c1-2-14-9(13)7-5-10-8-3-4-11-12(8)6-7/h3-4,7,10H,2,5-6H2,1H3. The number of anilines is 1. The van der Waals surface area contributed by atoms with Crippen LogP contribution in [0, 0.1) is 5.92 Å². The fraction of sp³-hybridized carbons (Fsp3) is 0.556. The van der Waals surface area contributed by atoms with Crippen LogP contribution in [-0.2, 0) is 16.1 Å². The number of carbonyl (C=O) groups excluding carboxylic acids is 1. The Hall–Kier alpha value is -1.52. The van der Waals surface area contributed by atoms with E-state index in [1.165, 1.54) is 0 Å². The SMILES string of the molecule is CCOC(=O)C1CNc2ccnn2C1. The van der Waals surface area contributed by atoms with Gasteiger partial charge in [-0.2, -0.15) is 5.10 Å². The highest BCUT2D eigenvalue weighted by atomic mass is 16.5. The maximum Gasteiger partial charge on any atom is 0.312 e. The van der Waals surface area contributed by atoms with Gasteiger partial charge in [-0.25, -0.2) is 4.68 Å². The molecule has 0 saturated heterocycles. The van der Waals surface area contributed by atoms with E-state index in [9.17, 15) is 4.79 Å². The zero-order chi connectivity index (χ0) is 9.97. The van der Waals surface area contributed by atoms with Crippen molar-refractivity contribution in [3.8, 4) is 0 Å². The molecule has 1 aliphatic rings. The number of hydrogen-bond acceptors (Lipinski definition) is 4. The molecule has 0 aromatic carbocycles. The number of rotatable bonds is 2. The second kappa shape index (κ2) is 3.69. The predicted octanol–water partition coefficient (Wildman–Crippen LogP) is 0.488. The van der Waals surface area contributed by atoms with Crippen molar-refractivity contribution in [2.75, 3.05) is 18.5 Å². The Morgan fingerprint density at radius 3 is 3.50 bits per heavy atom. The molecular formula is C9H13N3O2. The van der Waals surface area contributed by atoms with Crippen molar-refractivity contribution in [3.05, 3.63) is 12.3 Å². The van der Waals surface area contributed by atoms with Crippen LogP contribution in [0.1, 0.15) is 6.92 Å². The van der Waals surface area contributed by atoms with Gasteiger partial charge in [0.1, 0.15) is 5.82 Å². The van der Waals surface area contributed by atoms with E-state index in [4.69, 9.17) is 4.74 Å². The Labute approximate surface area is 82.0 Å². The number of fused-ring (bicyclic) bond motifs is 1. The molecular weight excluding hydrogens is 182 g/mol. The summed E-state index contributed by atoms with van der Waals surface area (Å²) in [4.78, 5) is 11.4. The molecule has 0 bridgehead atoms. The van der Waals surface area contributed by atoms with Crippen LogP contribution in [0.2, 0.25) is 0 Å². The minimum Gasteiger partial charge on any atom is -0.466 e. The number of hydrogen-bond donors (Lipinski definition) is 1. The summed E-state index contributed by atoms with van der Waals surface area (Å²) in [5, 5.41) is 7.23. The summed E-state index contributed by atoms with van der Waals surface area (Å²) in [7, 11) is 0. The van der Waals surface area contributed by atoms with Gasteiger partial charge >= 0.3 is 5.97 Å². The molecule has 1 aromatic rings. The number of carbonyl (C=O) groups is 1. The molecule has 0 saturated carbocycles. The van der Waals surface area contributed by atoms with Gasteiger partial charge in [0.05, 0.1) is 25.3 Å². The van der Waals surface area contributed by atoms with Crippen LogP contribution in [-0.4, -0.2) is 28.9 Å². The number of nitrogens with zero attached hydrogens (tertiary/aromatic N) is 2. The molecule has 0 aliphatic carbocycles. The largest absolute Gasteiger partial charge is 0.466 e. The summed E-state index contributed by atoms with van der Waals surface area (Å²) >= 11 is 0. The van der Waals surface area contributed by atoms with E-state index in [2.05, 4.69) is 10.4 Å². The zero-order valence-electron chi connectivity index (χ0n) is 8.06. The van der Waals surface area contributed by atoms with E-state index in [0.29, 0.717) is 19.7 Å². The first-order valence-corrected chi connectivity index (χ1v) is 4.73. The van der Waals surface area contributed by atoms with Crippen LogP contribution in [0.15, 0.2) is 12.3 Å². The Balaban J connectivity index is 2.04. The average Bonchev–Trinajstić information content (AvgIpc) is 2.64. The van der Waals surface area contributed by atoms with Gasteiger partial charge in [0.15, 0.2) is 0 Å². The van der Waals surface area contributed by atoms with Crippen molar-refractivity contribution in [2.24, 2.45) is 5.92 Å². The third kappa shape index (κ3) is 1.57. The predicted molar refractivity (Wildman–Crippen MR) is 50.8 cm³/mol. The molecule has 1 unspecified atom stereocenters. The van der Waals surface area contributed by atoms with Crippen molar-refractivity contribution in [1.29, 1.82) is 0 Å². The lowest BCUT2D eigenvalue weighted by Gasteiger charge is -2.23. The van der Waals surface area contributed by atoms with Gasteiger partial charge in [-0.3, -0.25) is 4.79 Å². The van der Waals surface area contributed by atoms with Gasteiger partial charge in [0, 0.05) is 12.6 Å². The van der Waals surface area contributed by atoms with Crippen LogP contribution in [0.5, 0.6) is 0 Å². The van der Waals surface area contributed by atoms with Crippen LogP contribution in [0.25, 0.3) is 0 Å². The first kappa shape index (κ1) is 9.05. The molecule has 1 aliphatic heterocycles. The Morgan fingerprint density at radius 1 is 1.86 bits per heavy atom. The summed E-state index contributed by atoms with van der Waals surface area (Å²) in [6.45, 7) is 3.48. The maximum absolute atomic E-state index is 11.4. The highest BCUT2D eigenvalue weighted by Gasteiger charge is 2.25. The molecule has 0 spiro atoms. The highest BCUT2D eigenvalue weighted by Crippen LogP contribution is 2.16. The van der Waals surface area contributed by atoms with Crippen molar-refractivity contribution < 1.29 is 9.53 Å².